The first-order chi connectivity index (χ1) is 27.2. The lowest BCUT2D eigenvalue weighted by Gasteiger charge is -2.16. The molecule has 3 heterocycles. The van der Waals surface area contributed by atoms with Gasteiger partial charge in [0.1, 0.15) is 0 Å². The van der Waals surface area contributed by atoms with Gasteiger partial charge in [-0.15, -0.1) is 0 Å². The second-order valence-electron chi connectivity index (χ2n) is 14.0. The van der Waals surface area contributed by atoms with Crippen LogP contribution in [0.3, 0.4) is 0 Å². The average molecular weight is 700 g/mol. The summed E-state index contributed by atoms with van der Waals surface area (Å²) in [6, 6.07) is 66.0. The molecule has 0 N–H and O–H groups in total. The molecule has 0 aliphatic rings. The molecule has 0 saturated carbocycles. The molecule has 5 nitrogen and oxygen atoms in total. The monoisotopic (exact) mass is 699 g/mol. The fourth-order valence-corrected chi connectivity index (χ4v) is 8.84. The van der Waals surface area contributed by atoms with Crippen LogP contribution < -0.4 is 0 Å². The van der Waals surface area contributed by atoms with Crippen molar-refractivity contribution < 1.29 is 0 Å². The van der Waals surface area contributed by atoms with Crippen LogP contribution in [0.4, 0.5) is 0 Å². The van der Waals surface area contributed by atoms with Gasteiger partial charge in [0.05, 0.1) is 56.4 Å². The number of nitrogens with zero attached hydrogens (tertiary/aromatic N) is 5. The van der Waals surface area contributed by atoms with Gasteiger partial charge >= 0.3 is 0 Å². The Labute approximate surface area is 316 Å². The van der Waals surface area contributed by atoms with E-state index in [4.69, 9.17) is 0 Å². The summed E-state index contributed by atoms with van der Waals surface area (Å²) < 4.78 is 7.09. The third-order valence-electron chi connectivity index (χ3n) is 11.1. The second-order valence-corrected chi connectivity index (χ2v) is 14.0. The molecule has 55 heavy (non-hydrogen) atoms. The third kappa shape index (κ3) is 4.39. The van der Waals surface area contributed by atoms with E-state index < -0.39 is 0 Å². The van der Waals surface area contributed by atoms with Crippen molar-refractivity contribution in [3.05, 3.63) is 187 Å². The Bertz CT molecular complexity index is 3390. The second kappa shape index (κ2) is 11.8. The first kappa shape index (κ1) is 30.7. The summed E-state index contributed by atoms with van der Waals surface area (Å²) in [7, 11) is 0. The van der Waals surface area contributed by atoms with Gasteiger partial charge in [0, 0.05) is 60.5 Å². The van der Waals surface area contributed by atoms with E-state index in [-0.39, 0.29) is 0 Å². The van der Waals surface area contributed by atoms with E-state index in [1.165, 1.54) is 10.8 Å². The number of para-hydroxylation sites is 5. The lowest BCUT2D eigenvalue weighted by atomic mass is 9.95. The lowest BCUT2D eigenvalue weighted by molar-refractivity contribution is 1.17. The molecular formula is C50H29N5. The molecule has 0 unspecified atom stereocenters. The molecule has 254 valence electrons. The van der Waals surface area contributed by atoms with E-state index in [2.05, 4.69) is 177 Å². The highest BCUT2D eigenvalue weighted by Crippen LogP contribution is 2.46. The smallest absolute Gasteiger partial charge is 0.0998 e. The Morgan fingerprint density at radius 1 is 0.345 bits per heavy atom. The largest absolute Gasteiger partial charge is 0.309 e. The zero-order valence-corrected chi connectivity index (χ0v) is 29.5. The highest BCUT2D eigenvalue weighted by atomic mass is 15.0. The van der Waals surface area contributed by atoms with Crippen LogP contribution in [0.1, 0.15) is 11.1 Å². The van der Waals surface area contributed by atoms with E-state index in [9.17, 15) is 10.5 Å². The van der Waals surface area contributed by atoms with Gasteiger partial charge in [-0.3, -0.25) is 0 Å². The van der Waals surface area contributed by atoms with Crippen LogP contribution in [0, 0.1) is 22.7 Å². The van der Waals surface area contributed by atoms with Crippen LogP contribution in [0.15, 0.2) is 176 Å². The predicted molar refractivity (Wildman–Crippen MR) is 224 cm³/mol. The number of fused-ring (bicyclic) bond motifs is 10. The number of rotatable bonds is 4. The van der Waals surface area contributed by atoms with Gasteiger partial charge in [0.2, 0.25) is 0 Å². The standard InChI is InChI=1S/C50H29N5/c51-30-32-23-24-37(33(27-32)31-52)42-28-36(54-44-20-10-7-17-38(44)39-18-8-11-21-45(39)54)29-43-40-25-26-47-48(50(40)55(49(42)43)35-15-5-2-6-16-35)41-19-9-12-22-46(41)53(47)34-13-3-1-4-14-34/h1-29H. The molecule has 0 bridgehead atoms. The minimum absolute atomic E-state index is 0.453. The number of nitriles is 2. The van der Waals surface area contributed by atoms with Crippen molar-refractivity contribution in [2.45, 2.75) is 0 Å². The molecule has 11 aromatic rings. The number of hydrogen-bond donors (Lipinski definition) is 0. The fraction of sp³-hybridized carbons (Fsp3) is 0. The van der Waals surface area contributed by atoms with E-state index in [0.717, 1.165) is 82.8 Å². The van der Waals surface area contributed by atoms with Crippen molar-refractivity contribution in [1.82, 2.24) is 13.7 Å². The predicted octanol–water partition coefficient (Wildman–Crippen LogP) is 12.4. The maximum Gasteiger partial charge on any atom is 0.0998 e. The molecule has 0 fully saturated rings. The zero-order chi connectivity index (χ0) is 36.6. The lowest BCUT2D eigenvalue weighted by Crippen LogP contribution is -1.99. The summed E-state index contributed by atoms with van der Waals surface area (Å²) in [6.07, 6.45) is 0. The van der Waals surface area contributed by atoms with E-state index in [1.807, 2.05) is 18.2 Å². The Hall–Kier alpha value is -7.86. The quantitative estimate of drug-likeness (QED) is 0.184. The average Bonchev–Trinajstić information content (AvgIpc) is 3.89. The molecule has 8 aromatic carbocycles. The van der Waals surface area contributed by atoms with Crippen LogP contribution in [-0.4, -0.2) is 13.7 Å². The first-order valence-electron chi connectivity index (χ1n) is 18.3. The van der Waals surface area contributed by atoms with Crippen LogP contribution in [0.25, 0.3) is 93.6 Å². The SMILES string of the molecule is N#Cc1ccc(-c2cc(-n3c4ccccc4c4ccccc43)cc3c4ccc5c(c6ccccc6n5-c5ccccc5)c4n(-c4ccccc4)c23)c(C#N)c1. The number of benzene rings is 8. The van der Waals surface area contributed by atoms with Crippen molar-refractivity contribution in [1.29, 1.82) is 10.5 Å². The molecule has 0 spiro atoms. The van der Waals surface area contributed by atoms with Crippen LogP contribution in [0.2, 0.25) is 0 Å². The van der Waals surface area contributed by atoms with Gasteiger partial charge in [-0.2, -0.15) is 10.5 Å². The van der Waals surface area contributed by atoms with Gasteiger partial charge in [-0.25, -0.2) is 0 Å². The number of hydrogen-bond acceptors (Lipinski definition) is 2. The summed E-state index contributed by atoms with van der Waals surface area (Å²) in [5, 5.41) is 27.3. The maximum atomic E-state index is 10.6. The maximum absolute atomic E-state index is 10.6. The summed E-state index contributed by atoms with van der Waals surface area (Å²) >= 11 is 0. The van der Waals surface area contributed by atoms with Crippen molar-refractivity contribution >= 4 is 65.4 Å². The molecule has 3 aromatic heterocycles. The Kier molecular flexibility index (Phi) is 6.61. The van der Waals surface area contributed by atoms with Gasteiger partial charge < -0.3 is 13.7 Å². The Balaban J connectivity index is 1.39. The summed E-state index contributed by atoms with van der Waals surface area (Å²) in [5.74, 6) is 0. The molecule has 0 aliphatic heterocycles. The summed E-state index contributed by atoms with van der Waals surface area (Å²) in [5.41, 5.74) is 12.2. The highest BCUT2D eigenvalue weighted by Gasteiger charge is 2.25. The molecule has 0 atom stereocenters. The van der Waals surface area contributed by atoms with Crippen molar-refractivity contribution in [3.8, 4) is 40.3 Å². The third-order valence-corrected chi connectivity index (χ3v) is 11.1. The Morgan fingerprint density at radius 2 is 0.909 bits per heavy atom. The van der Waals surface area contributed by atoms with E-state index >= 15 is 0 Å². The fourth-order valence-electron chi connectivity index (χ4n) is 8.84. The molecule has 0 radical (unpaired) electrons. The highest BCUT2D eigenvalue weighted by molar-refractivity contribution is 6.27. The van der Waals surface area contributed by atoms with Gasteiger partial charge in [-0.1, -0.05) is 103 Å². The van der Waals surface area contributed by atoms with Crippen molar-refractivity contribution in [2.75, 3.05) is 0 Å². The van der Waals surface area contributed by atoms with Crippen molar-refractivity contribution in [2.24, 2.45) is 0 Å². The zero-order valence-electron chi connectivity index (χ0n) is 29.5. The first-order valence-corrected chi connectivity index (χ1v) is 18.3. The molecule has 5 heteroatoms. The molecule has 0 aliphatic carbocycles. The van der Waals surface area contributed by atoms with Crippen LogP contribution in [-0.2, 0) is 0 Å². The number of aromatic nitrogens is 3. The molecule has 0 saturated heterocycles. The Morgan fingerprint density at radius 3 is 1.55 bits per heavy atom. The van der Waals surface area contributed by atoms with Gasteiger partial charge in [-0.05, 0) is 72.8 Å². The summed E-state index contributed by atoms with van der Waals surface area (Å²) in [6.45, 7) is 0. The molecule has 0 amide bonds. The molecular weight excluding hydrogens is 671 g/mol. The normalized spacial score (nSPS) is 11.6. The van der Waals surface area contributed by atoms with Crippen LogP contribution in [0.5, 0.6) is 0 Å². The van der Waals surface area contributed by atoms with Crippen molar-refractivity contribution in [3.63, 3.8) is 0 Å². The van der Waals surface area contributed by atoms with Gasteiger partial charge in [0.15, 0.2) is 0 Å². The van der Waals surface area contributed by atoms with Crippen LogP contribution >= 0.6 is 0 Å². The van der Waals surface area contributed by atoms with E-state index in [0.29, 0.717) is 11.1 Å². The molecule has 11 rings (SSSR count). The minimum Gasteiger partial charge on any atom is -0.309 e. The topological polar surface area (TPSA) is 62.4 Å². The summed E-state index contributed by atoms with van der Waals surface area (Å²) in [4.78, 5) is 0. The van der Waals surface area contributed by atoms with Gasteiger partial charge in [0.25, 0.3) is 0 Å². The minimum atomic E-state index is 0.453. The van der Waals surface area contributed by atoms with E-state index in [1.54, 1.807) is 6.07 Å².